The highest BCUT2D eigenvalue weighted by atomic mass is 15.3. The van der Waals surface area contributed by atoms with E-state index in [9.17, 15) is 0 Å². The molecule has 0 N–H and O–H groups in total. The van der Waals surface area contributed by atoms with Crippen LogP contribution in [0, 0.1) is 13.8 Å². The normalized spacial score (nSPS) is 17.5. The standard InChI is InChI=1S/C24H30N4/c1-18-10-11-19(2)23(14-18)28-16-21(15-27-13-12-22(17-27)26(3)4)24(25-28)20-8-6-5-7-9-20/h5-11,14,16,22H,12-13,15,17H2,1-4H3/t22-/m1/s1. The molecule has 2 aromatic carbocycles. The third-order valence-corrected chi connectivity index (χ3v) is 5.82. The average Bonchev–Trinajstić information content (AvgIpc) is 3.32. The first-order chi connectivity index (χ1) is 13.5. The maximum absolute atomic E-state index is 5.03. The van der Waals surface area contributed by atoms with E-state index in [1.54, 1.807) is 0 Å². The summed E-state index contributed by atoms with van der Waals surface area (Å²) >= 11 is 0. The molecule has 0 amide bonds. The Morgan fingerprint density at radius 3 is 2.57 bits per heavy atom. The van der Waals surface area contributed by atoms with E-state index in [0.29, 0.717) is 6.04 Å². The van der Waals surface area contributed by atoms with Crippen molar-refractivity contribution >= 4 is 0 Å². The van der Waals surface area contributed by atoms with Crippen LogP contribution in [0.25, 0.3) is 16.9 Å². The monoisotopic (exact) mass is 374 g/mol. The lowest BCUT2D eigenvalue weighted by Gasteiger charge is -2.20. The number of rotatable bonds is 5. The van der Waals surface area contributed by atoms with Crippen LogP contribution in [-0.4, -0.2) is 52.8 Å². The van der Waals surface area contributed by atoms with Gasteiger partial charge in [-0.2, -0.15) is 5.10 Å². The Labute approximate surface area is 168 Å². The van der Waals surface area contributed by atoms with Crippen molar-refractivity contribution in [2.45, 2.75) is 32.9 Å². The summed E-state index contributed by atoms with van der Waals surface area (Å²) in [5.74, 6) is 0. The summed E-state index contributed by atoms with van der Waals surface area (Å²) in [6, 6.07) is 17.8. The van der Waals surface area contributed by atoms with Gasteiger partial charge in [-0.1, -0.05) is 42.5 Å². The molecule has 1 aliphatic rings. The molecule has 0 radical (unpaired) electrons. The van der Waals surface area contributed by atoms with Crippen LogP contribution in [0.4, 0.5) is 0 Å². The number of aromatic nitrogens is 2. The zero-order valence-corrected chi connectivity index (χ0v) is 17.4. The largest absolute Gasteiger partial charge is 0.305 e. The number of aryl methyl sites for hydroxylation is 2. The van der Waals surface area contributed by atoms with E-state index in [0.717, 1.165) is 31.0 Å². The molecular formula is C24H30N4. The van der Waals surface area contributed by atoms with E-state index < -0.39 is 0 Å². The quantitative estimate of drug-likeness (QED) is 0.666. The van der Waals surface area contributed by atoms with Crippen LogP contribution < -0.4 is 0 Å². The number of benzene rings is 2. The Morgan fingerprint density at radius 2 is 1.86 bits per heavy atom. The summed E-state index contributed by atoms with van der Waals surface area (Å²) in [7, 11) is 4.37. The Balaban J connectivity index is 1.70. The third-order valence-electron chi connectivity index (χ3n) is 5.82. The molecule has 1 aliphatic heterocycles. The van der Waals surface area contributed by atoms with Crippen molar-refractivity contribution in [1.29, 1.82) is 0 Å². The molecule has 1 aromatic heterocycles. The molecule has 4 rings (SSSR count). The van der Waals surface area contributed by atoms with E-state index in [1.807, 2.05) is 0 Å². The second kappa shape index (κ2) is 7.90. The summed E-state index contributed by atoms with van der Waals surface area (Å²) in [6.45, 7) is 7.50. The Bertz CT molecular complexity index is 942. The Kier molecular flexibility index (Phi) is 5.33. The van der Waals surface area contributed by atoms with E-state index in [1.165, 1.54) is 28.7 Å². The van der Waals surface area contributed by atoms with Crippen LogP contribution in [0.3, 0.4) is 0 Å². The van der Waals surface area contributed by atoms with Gasteiger partial charge in [0.05, 0.1) is 11.4 Å². The molecule has 28 heavy (non-hydrogen) atoms. The first-order valence-electron chi connectivity index (χ1n) is 10.1. The van der Waals surface area contributed by atoms with Gasteiger partial charge < -0.3 is 4.90 Å². The minimum atomic E-state index is 0.647. The third kappa shape index (κ3) is 3.89. The minimum Gasteiger partial charge on any atom is -0.305 e. The molecule has 3 aromatic rings. The van der Waals surface area contributed by atoms with Gasteiger partial charge >= 0.3 is 0 Å². The van der Waals surface area contributed by atoms with Gasteiger partial charge in [-0.15, -0.1) is 0 Å². The molecule has 1 fully saturated rings. The highest BCUT2D eigenvalue weighted by Gasteiger charge is 2.25. The van der Waals surface area contributed by atoms with Gasteiger partial charge in [0.2, 0.25) is 0 Å². The van der Waals surface area contributed by atoms with Gasteiger partial charge in [0, 0.05) is 43.0 Å². The Hall–Kier alpha value is -2.43. The second-order valence-corrected chi connectivity index (χ2v) is 8.24. The first kappa shape index (κ1) is 18.9. The predicted octanol–water partition coefficient (Wildman–Crippen LogP) is 4.29. The highest BCUT2D eigenvalue weighted by Crippen LogP contribution is 2.27. The molecule has 146 valence electrons. The fourth-order valence-electron chi connectivity index (χ4n) is 4.07. The van der Waals surface area contributed by atoms with Crippen molar-refractivity contribution < 1.29 is 0 Å². The van der Waals surface area contributed by atoms with Gasteiger partial charge in [0.15, 0.2) is 0 Å². The molecule has 0 bridgehead atoms. The van der Waals surface area contributed by atoms with Crippen molar-refractivity contribution in [3.8, 4) is 16.9 Å². The molecule has 0 unspecified atom stereocenters. The van der Waals surface area contributed by atoms with Crippen LogP contribution >= 0.6 is 0 Å². The lowest BCUT2D eigenvalue weighted by molar-refractivity contribution is 0.265. The van der Waals surface area contributed by atoms with Crippen LogP contribution in [0.1, 0.15) is 23.1 Å². The average molecular weight is 375 g/mol. The van der Waals surface area contributed by atoms with E-state index in [-0.39, 0.29) is 0 Å². The van der Waals surface area contributed by atoms with Crippen LogP contribution in [0.2, 0.25) is 0 Å². The molecule has 1 atom stereocenters. The Morgan fingerprint density at radius 1 is 1.07 bits per heavy atom. The summed E-state index contributed by atoms with van der Waals surface area (Å²) in [5.41, 5.74) is 7.24. The highest BCUT2D eigenvalue weighted by molar-refractivity contribution is 5.63. The van der Waals surface area contributed by atoms with Gasteiger partial charge in [0.25, 0.3) is 0 Å². The van der Waals surface area contributed by atoms with E-state index in [2.05, 4.69) is 97.2 Å². The lowest BCUT2D eigenvalue weighted by atomic mass is 10.1. The van der Waals surface area contributed by atoms with Crippen LogP contribution in [0.15, 0.2) is 54.7 Å². The van der Waals surface area contributed by atoms with Crippen molar-refractivity contribution in [2.75, 3.05) is 27.2 Å². The molecule has 4 heteroatoms. The summed E-state index contributed by atoms with van der Waals surface area (Å²) < 4.78 is 2.07. The van der Waals surface area contributed by atoms with Gasteiger partial charge in [0.1, 0.15) is 0 Å². The van der Waals surface area contributed by atoms with Crippen LogP contribution in [0.5, 0.6) is 0 Å². The molecule has 2 heterocycles. The molecule has 0 saturated carbocycles. The number of hydrogen-bond acceptors (Lipinski definition) is 3. The summed E-state index contributed by atoms with van der Waals surface area (Å²) in [4.78, 5) is 4.90. The minimum absolute atomic E-state index is 0.647. The second-order valence-electron chi connectivity index (χ2n) is 8.24. The number of hydrogen-bond donors (Lipinski definition) is 0. The summed E-state index contributed by atoms with van der Waals surface area (Å²) in [6.07, 6.45) is 3.46. The maximum atomic E-state index is 5.03. The first-order valence-corrected chi connectivity index (χ1v) is 10.1. The van der Waals surface area contributed by atoms with Crippen LogP contribution in [-0.2, 0) is 6.54 Å². The van der Waals surface area contributed by atoms with Crippen molar-refractivity contribution in [3.05, 3.63) is 71.4 Å². The fourth-order valence-corrected chi connectivity index (χ4v) is 4.07. The zero-order valence-electron chi connectivity index (χ0n) is 17.4. The molecule has 4 nitrogen and oxygen atoms in total. The SMILES string of the molecule is Cc1ccc(C)c(-n2cc(CN3CC[C@@H](N(C)C)C3)c(-c3ccccc3)n2)c1. The topological polar surface area (TPSA) is 24.3 Å². The van der Waals surface area contributed by atoms with Crippen molar-refractivity contribution in [3.63, 3.8) is 0 Å². The van der Waals surface area contributed by atoms with Gasteiger partial charge in [-0.05, 0) is 51.6 Å². The number of nitrogens with zero attached hydrogens (tertiary/aromatic N) is 4. The van der Waals surface area contributed by atoms with Gasteiger partial charge in [-0.3, -0.25) is 4.90 Å². The number of likely N-dealkylation sites (tertiary alicyclic amines) is 1. The molecule has 0 spiro atoms. The predicted molar refractivity (Wildman–Crippen MR) is 116 cm³/mol. The summed E-state index contributed by atoms with van der Waals surface area (Å²) in [5, 5.41) is 5.03. The lowest BCUT2D eigenvalue weighted by Crippen LogP contribution is -2.31. The fraction of sp³-hybridized carbons (Fsp3) is 0.375. The van der Waals surface area contributed by atoms with E-state index in [4.69, 9.17) is 5.10 Å². The molecule has 0 aliphatic carbocycles. The molecular weight excluding hydrogens is 344 g/mol. The van der Waals surface area contributed by atoms with Crippen molar-refractivity contribution in [2.24, 2.45) is 0 Å². The zero-order chi connectivity index (χ0) is 19.7. The smallest absolute Gasteiger partial charge is 0.0972 e. The maximum Gasteiger partial charge on any atom is 0.0972 e. The van der Waals surface area contributed by atoms with Crippen molar-refractivity contribution in [1.82, 2.24) is 19.6 Å². The van der Waals surface area contributed by atoms with Gasteiger partial charge in [-0.25, -0.2) is 4.68 Å². The van der Waals surface area contributed by atoms with E-state index >= 15 is 0 Å². The number of likely N-dealkylation sites (N-methyl/N-ethyl adjacent to an activating group) is 1. The molecule has 1 saturated heterocycles.